The number of imidazole rings is 1. The Morgan fingerprint density at radius 1 is 1.47 bits per heavy atom. The molecule has 98 valence electrons. The lowest BCUT2D eigenvalue weighted by Crippen LogP contribution is -2.19. The Labute approximate surface area is 112 Å². The largest absolute Gasteiger partial charge is 0.492 e. The van der Waals surface area contributed by atoms with Crippen molar-refractivity contribution in [2.75, 3.05) is 6.61 Å². The van der Waals surface area contributed by atoms with Crippen molar-refractivity contribution in [3.05, 3.63) is 48.0 Å². The van der Waals surface area contributed by atoms with E-state index in [9.17, 15) is 4.79 Å². The van der Waals surface area contributed by atoms with Crippen LogP contribution in [-0.2, 0) is 6.54 Å². The summed E-state index contributed by atoms with van der Waals surface area (Å²) in [5.74, 6) is 1.17. The van der Waals surface area contributed by atoms with Crippen molar-refractivity contribution in [2.24, 2.45) is 0 Å². The fourth-order valence-electron chi connectivity index (χ4n) is 2.49. The second kappa shape index (κ2) is 4.88. The number of para-hydroxylation sites is 1. The zero-order valence-corrected chi connectivity index (χ0v) is 10.9. The van der Waals surface area contributed by atoms with Crippen molar-refractivity contribution in [3.8, 4) is 5.75 Å². The first-order chi connectivity index (χ1) is 9.31. The van der Waals surface area contributed by atoms with Crippen molar-refractivity contribution in [1.82, 2.24) is 9.55 Å². The van der Waals surface area contributed by atoms with Crippen LogP contribution in [0.1, 0.15) is 35.4 Å². The molecule has 2 heterocycles. The van der Waals surface area contributed by atoms with E-state index in [4.69, 9.17) is 4.74 Å². The normalized spacial score (nSPS) is 17.0. The maximum absolute atomic E-state index is 12.6. The predicted octanol–water partition coefficient (Wildman–Crippen LogP) is 2.65. The molecule has 0 fully saturated rings. The van der Waals surface area contributed by atoms with Gasteiger partial charge in [0.15, 0.2) is 5.82 Å². The standard InChI is InChI=1S/C15H16N2O2/c1-2-8-17-9-7-16-15(17)14(18)12-10-19-13-6-4-3-5-11(12)13/h3-7,9,12H,2,8,10H2,1H3. The zero-order valence-electron chi connectivity index (χ0n) is 10.9. The number of hydrogen-bond donors (Lipinski definition) is 0. The molecule has 4 nitrogen and oxygen atoms in total. The molecule has 0 radical (unpaired) electrons. The molecule has 1 aromatic heterocycles. The van der Waals surface area contributed by atoms with Gasteiger partial charge < -0.3 is 9.30 Å². The summed E-state index contributed by atoms with van der Waals surface area (Å²) in [5, 5.41) is 0. The van der Waals surface area contributed by atoms with Crippen molar-refractivity contribution >= 4 is 5.78 Å². The molecule has 1 aliphatic heterocycles. The zero-order chi connectivity index (χ0) is 13.2. The van der Waals surface area contributed by atoms with Crippen LogP contribution in [-0.4, -0.2) is 21.9 Å². The highest BCUT2D eigenvalue weighted by Crippen LogP contribution is 2.35. The Morgan fingerprint density at radius 3 is 3.16 bits per heavy atom. The van der Waals surface area contributed by atoms with Gasteiger partial charge in [-0.2, -0.15) is 0 Å². The number of rotatable bonds is 4. The Balaban J connectivity index is 1.91. The molecule has 0 N–H and O–H groups in total. The van der Waals surface area contributed by atoms with Crippen molar-refractivity contribution < 1.29 is 9.53 Å². The number of benzene rings is 1. The first kappa shape index (κ1) is 12.0. The van der Waals surface area contributed by atoms with Crippen molar-refractivity contribution in [2.45, 2.75) is 25.8 Å². The number of carbonyl (C=O) groups is 1. The van der Waals surface area contributed by atoms with Gasteiger partial charge in [0.2, 0.25) is 5.78 Å². The number of fused-ring (bicyclic) bond motifs is 1. The van der Waals surface area contributed by atoms with Gasteiger partial charge in [0.25, 0.3) is 0 Å². The summed E-state index contributed by atoms with van der Waals surface area (Å²) in [5.41, 5.74) is 0.971. The molecule has 0 saturated carbocycles. The van der Waals surface area contributed by atoms with Gasteiger partial charge in [-0.15, -0.1) is 0 Å². The molecule has 1 aromatic carbocycles. The number of nitrogens with zero attached hydrogens (tertiary/aromatic N) is 2. The molecule has 19 heavy (non-hydrogen) atoms. The number of hydrogen-bond acceptors (Lipinski definition) is 3. The van der Waals surface area contributed by atoms with E-state index in [1.165, 1.54) is 0 Å². The molecule has 0 spiro atoms. The summed E-state index contributed by atoms with van der Waals surface area (Å²) in [7, 11) is 0. The van der Waals surface area contributed by atoms with Crippen LogP contribution < -0.4 is 4.74 Å². The molecule has 0 amide bonds. The summed E-state index contributed by atoms with van der Waals surface area (Å²) >= 11 is 0. The minimum absolute atomic E-state index is 0.0448. The van der Waals surface area contributed by atoms with E-state index < -0.39 is 0 Å². The molecular weight excluding hydrogens is 240 g/mol. The number of carbonyl (C=O) groups excluding carboxylic acids is 1. The van der Waals surface area contributed by atoms with Gasteiger partial charge in [0.05, 0.1) is 5.92 Å². The van der Waals surface area contributed by atoms with E-state index in [-0.39, 0.29) is 11.7 Å². The summed E-state index contributed by atoms with van der Waals surface area (Å²) in [6, 6.07) is 7.72. The van der Waals surface area contributed by atoms with Crippen LogP contribution in [0.15, 0.2) is 36.7 Å². The number of Topliss-reactive ketones (excluding diaryl/α,β-unsaturated/α-hetero) is 1. The van der Waals surface area contributed by atoms with Crippen LogP contribution in [0.4, 0.5) is 0 Å². The summed E-state index contributed by atoms with van der Waals surface area (Å²) < 4.78 is 7.49. The predicted molar refractivity (Wildman–Crippen MR) is 71.5 cm³/mol. The van der Waals surface area contributed by atoms with Gasteiger partial charge in [-0.05, 0) is 12.5 Å². The number of aryl methyl sites for hydroxylation is 1. The fourth-order valence-corrected chi connectivity index (χ4v) is 2.49. The number of aromatic nitrogens is 2. The summed E-state index contributed by atoms with van der Waals surface area (Å²) in [6.07, 6.45) is 4.53. The lowest BCUT2D eigenvalue weighted by Gasteiger charge is -2.09. The van der Waals surface area contributed by atoms with E-state index in [1.54, 1.807) is 6.20 Å². The van der Waals surface area contributed by atoms with E-state index in [2.05, 4.69) is 11.9 Å². The van der Waals surface area contributed by atoms with E-state index in [0.717, 1.165) is 24.3 Å². The van der Waals surface area contributed by atoms with Gasteiger partial charge in [-0.25, -0.2) is 4.98 Å². The highest BCUT2D eigenvalue weighted by atomic mass is 16.5. The molecule has 4 heteroatoms. The topological polar surface area (TPSA) is 44.1 Å². The van der Waals surface area contributed by atoms with E-state index in [0.29, 0.717) is 12.4 Å². The molecule has 0 saturated heterocycles. The SMILES string of the molecule is CCCn1ccnc1C(=O)C1COc2ccccc21. The third-order valence-electron chi connectivity index (χ3n) is 3.42. The Kier molecular flexibility index (Phi) is 3.07. The quantitative estimate of drug-likeness (QED) is 0.790. The monoisotopic (exact) mass is 256 g/mol. The van der Waals surface area contributed by atoms with Crippen molar-refractivity contribution in [1.29, 1.82) is 0 Å². The number of ketones is 1. The smallest absolute Gasteiger partial charge is 0.209 e. The third-order valence-corrected chi connectivity index (χ3v) is 3.42. The highest BCUT2D eigenvalue weighted by molar-refractivity contribution is 5.99. The van der Waals surface area contributed by atoms with Crippen molar-refractivity contribution in [3.63, 3.8) is 0 Å². The molecule has 1 unspecified atom stereocenters. The Bertz CT molecular complexity index is 604. The highest BCUT2D eigenvalue weighted by Gasteiger charge is 2.32. The molecule has 0 bridgehead atoms. The molecule has 1 atom stereocenters. The second-order valence-electron chi connectivity index (χ2n) is 4.71. The van der Waals surface area contributed by atoms with E-state index >= 15 is 0 Å². The first-order valence-corrected chi connectivity index (χ1v) is 6.58. The molecular formula is C15H16N2O2. The average Bonchev–Trinajstić information content (AvgIpc) is 3.04. The third kappa shape index (κ3) is 2.03. The van der Waals surface area contributed by atoms with Gasteiger partial charge in [0.1, 0.15) is 12.4 Å². The van der Waals surface area contributed by atoms with Crippen LogP contribution in [0.3, 0.4) is 0 Å². The lowest BCUT2D eigenvalue weighted by atomic mass is 9.96. The van der Waals surface area contributed by atoms with Gasteiger partial charge in [-0.3, -0.25) is 4.79 Å². The second-order valence-corrected chi connectivity index (χ2v) is 4.71. The summed E-state index contributed by atoms with van der Waals surface area (Å²) in [6.45, 7) is 3.32. The molecule has 1 aliphatic rings. The van der Waals surface area contributed by atoms with Gasteiger partial charge >= 0.3 is 0 Å². The van der Waals surface area contributed by atoms with Crippen LogP contribution in [0.5, 0.6) is 5.75 Å². The summed E-state index contributed by atoms with van der Waals surface area (Å²) in [4.78, 5) is 16.8. The maximum atomic E-state index is 12.6. The van der Waals surface area contributed by atoms with E-state index in [1.807, 2.05) is 35.0 Å². The maximum Gasteiger partial charge on any atom is 0.209 e. The Hall–Kier alpha value is -2.10. The number of ether oxygens (including phenoxy) is 1. The van der Waals surface area contributed by atoms with Crippen LogP contribution in [0.25, 0.3) is 0 Å². The lowest BCUT2D eigenvalue weighted by molar-refractivity contribution is 0.0932. The molecule has 2 aromatic rings. The van der Waals surface area contributed by atoms with Gasteiger partial charge in [-0.1, -0.05) is 25.1 Å². The molecule has 3 rings (SSSR count). The Morgan fingerprint density at radius 2 is 2.32 bits per heavy atom. The minimum atomic E-state index is -0.228. The van der Waals surface area contributed by atoms with Crippen LogP contribution in [0.2, 0.25) is 0 Å². The average molecular weight is 256 g/mol. The first-order valence-electron chi connectivity index (χ1n) is 6.58. The molecule has 0 aliphatic carbocycles. The fraction of sp³-hybridized carbons (Fsp3) is 0.333. The minimum Gasteiger partial charge on any atom is -0.492 e. The van der Waals surface area contributed by atoms with Gasteiger partial charge in [0, 0.05) is 24.5 Å². The van der Waals surface area contributed by atoms with Crippen LogP contribution in [0, 0.1) is 0 Å². The van der Waals surface area contributed by atoms with Crippen LogP contribution >= 0.6 is 0 Å².